The van der Waals surface area contributed by atoms with Crippen molar-refractivity contribution in [3.63, 3.8) is 0 Å². The number of esters is 1. The van der Waals surface area contributed by atoms with E-state index in [2.05, 4.69) is 5.32 Å². The van der Waals surface area contributed by atoms with Crippen LogP contribution < -0.4 is 10.2 Å². The Hall–Kier alpha value is -3.15. The van der Waals surface area contributed by atoms with Crippen molar-refractivity contribution in [2.45, 2.75) is 33.2 Å². The van der Waals surface area contributed by atoms with Gasteiger partial charge in [-0.1, -0.05) is 36.4 Å². The van der Waals surface area contributed by atoms with Gasteiger partial charge in [-0.15, -0.1) is 0 Å². The summed E-state index contributed by atoms with van der Waals surface area (Å²) >= 11 is 0. The lowest BCUT2D eigenvalue weighted by Gasteiger charge is -2.18. The Morgan fingerprint density at radius 2 is 1.79 bits per heavy atom. The van der Waals surface area contributed by atoms with E-state index in [4.69, 9.17) is 4.74 Å². The van der Waals surface area contributed by atoms with Crippen molar-refractivity contribution in [1.82, 2.24) is 5.32 Å². The molecule has 1 aliphatic heterocycles. The van der Waals surface area contributed by atoms with Crippen LogP contribution in [0.15, 0.2) is 48.5 Å². The van der Waals surface area contributed by atoms with Crippen molar-refractivity contribution in [2.75, 3.05) is 18.1 Å². The molecule has 1 aliphatic rings. The van der Waals surface area contributed by atoms with Crippen LogP contribution in [0.4, 0.5) is 5.69 Å². The van der Waals surface area contributed by atoms with Crippen LogP contribution in [0, 0.1) is 19.8 Å². The van der Waals surface area contributed by atoms with Crippen molar-refractivity contribution in [2.24, 2.45) is 5.92 Å². The molecule has 0 spiro atoms. The van der Waals surface area contributed by atoms with Gasteiger partial charge in [0, 0.05) is 18.7 Å². The Labute approximate surface area is 170 Å². The van der Waals surface area contributed by atoms with E-state index in [0.717, 1.165) is 22.4 Å². The van der Waals surface area contributed by atoms with Crippen LogP contribution in [0.1, 0.15) is 36.1 Å². The van der Waals surface area contributed by atoms with Crippen LogP contribution in [-0.2, 0) is 19.1 Å². The van der Waals surface area contributed by atoms with Crippen molar-refractivity contribution in [1.29, 1.82) is 0 Å². The maximum Gasteiger partial charge on any atom is 0.311 e. The minimum absolute atomic E-state index is 0.0911. The summed E-state index contributed by atoms with van der Waals surface area (Å²) in [7, 11) is 0. The van der Waals surface area contributed by atoms with Crippen molar-refractivity contribution >= 4 is 23.5 Å². The third-order valence-corrected chi connectivity index (χ3v) is 5.00. The number of nitrogens with one attached hydrogen (secondary N) is 1. The summed E-state index contributed by atoms with van der Waals surface area (Å²) in [5.41, 5.74) is 3.88. The highest BCUT2D eigenvalue weighted by Gasteiger charge is 2.36. The van der Waals surface area contributed by atoms with Gasteiger partial charge in [0.05, 0.1) is 12.0 Å². The number of amides is 2. The molecule has 0 aromatic heterocycles. The van der Waals surface area contributed by atoms with E-state index in [0.29, 0.717) is 0 Å². The minimum Gasteiger partial charge on any atom is -0.455 e. The molecule has 6 heteroatoms. The van der Waals surface area contributed by atoms with E-state index in [1.807, 2.05) is 69.3 Å². The molecule has 1 heterocycles. The number of anilines is 1. The van der Waals surface area contributed by atoms with Crippen molar-refractivity contribution in [3.8, 4) is 0 Å². The SMILES string of the molecule is Cc1cc(C)cc(N2C[C@@H](C(=O)OCC(=O)N[C@@H](C)c3ccccc3)CC2=O)c1. The first-order chi connectivity index (χ1) is 13.8. The van der Waals surface area contributed by atoms with E-state index in [1.165, 1.54) is 0 Å². The monoisotopic (exact) mass is 394 g/mol. The third-order valence-electron chi connectivity index (χ3n) is 5.00. The molecule has 2 aromatic carbocycles. The summed E-state index contributed by atoms with van der Waals surface area (Å²) in [4.78, 5) is 38.5. The Bertz CT molecular complexity index is 890. The number of ether oxygens (including phenoxy) is 1. The molecule has 152 valence electrons. The van der Waals surface area contributed by atoms with Crippen LogP contribution in [0.25, 0.3) is 0 Å². The fraction of sp³-hybridized carbons (Fsp3) is 0.348. The highest BCUT2D eigenvalue weighted by Crippen LogP contribution is 2.27. The molecule has 1 saturated heterocycles. The lowest BCUT2D eigenvalue weighted by atomic mass is 10.1. The van der Waals surface area contributed by atoms with Gasteiger partial charge in [0.15, 0.2) is 6.61 Å². The second-order valence-electron chi connectivity index (χ2n) is 7.56. The molecule has 0 unspecified atom stereocenters. The number of rotatable bonds is 6. The largest absolute Gasteiger partial charge is 0.455 e. The van der Waals surface area contributed by atoms with Crippen LogP contribution in [0.2, 0.25) is 0 Å². The predicted octanol–water partition coefficient (Wildman–Crippen LogP) is 3.08. The molecular formula is C23H26N2O4. The predicted molar refractivity (Wildman–Crippen MR) is 110 cm³/mol. The van der Waals surface area contributed by atoms with Gasteiger partial charge in [0.2, 0.25) is 5.91 Å². The zero-order valence-corrected chi connectivity index (χ0v) is 17.0. The average molecular weight is 394 g/mol. The van der Waals surface area contributed by atoms with Gasteiger partial charge in [0.25, 0.3) is 5.91 Å². The van der Waals surface area contributed by atoms with Gasteiger partial charge in [-0.25, -0.2) is 0 Å². The second-order valence-corrected chi connectivity index (χ2v) is 7.56. The molecule has 2 amide bonds. The number of hydrogen-bond donors (Lipinski definition) is 1. The summed E-state index contributed by atoms with van der Waals surface area (Å²) in [6.07, 6.45) is 0.0911. The molecule has 0 bridgehead atoms. The topological polar surface area (TPSA) is 75.7 Å². The van der Waals surface area contributed by atoms with Gasteiger partial charge >= 0.3 is 5.97 Å². The van der Waals surface area contributed by atoms with Gasteiger partial charge in [-0.3, -0.25) is 14.4 Å². The molecule has 6 nitrogen and oxygen atoms in total. The molecule has 0 radical (unpaired) electrons. The number of carbonyl (C=O) groups excluding carboxylic acids is 3. The highest BCUT2D eigenvalue weighted by molar-refractivity contribution is 5.99. The molecule has 2 aromatic rings. The Morgan fingerprint density at radius 3 is 2.45 bits per heavy atom. The fourth-order valence-electron chi connectivity index (χ4n) is 3.58. The summed E-state index contributed by atoms with van der Waals surface area (Å²) in [5.74, 6) is -1.57. The number of benzene rings is 2. The molecule has 0 saturated carbocycles. The van der Waals surface area contributed by atoms with Gasteiger partial charge in [0.1, 0.15) is 0 Å². The number of nitrogens with zero attached hydrogens (tertiary/aromatic N) is 1. The summed E-state index contributed by atoms with van der Waals surface area (Å²) in [6, 6.07) is 15.2. The number of hydrogen-bond acceptors (Lipinski definition) is 4. The summed E-state index contributed by atoms with van der Waals surface area (Å²) in [5, 5.41) is 2.80. The number of carbonyl (C=O) groups is 3. The standard InChI is InChI=1S/C23H26N2O4/c1-15-9-16(2)11-20(10-15)25-13-19(12-22(25)27)23(28)29-14-21(26)24-17(3)18-7-5-4-6-8-18/h4-11,17,19H,12-14H2,1-3H3,(H,24,26)/t17-,19-/m0/s1. The van der Waals surface area contributed by atoms with E-state index in [9.17, 15) is 14.4 Å². The summed E-state index contributed by atoms with van der Waals surface area (Å²) < 4.78 is 5.17. The second kappa shape index (κ2) is 8.90. The van der Waals surface area contributed by atoms with Gasteiger partial charge in [-0.05, 0) is 49.6 Å². The van der Waals surface area contributed by atoms with Crippen LogP contribution in [0.3, 0.4) is 0 Å². The molecule has 3 rings (SSSR count). The van der Waals surface area contributed by atoms with Crippen LogP contribution >= 0.6 is 0 Å². The van der Waals surface area contributed by atoms with E-state index < -0.39 is 11.9 Å². The maximum atomic E-state index is 12.4. The molecule has 29 heavy (non-hydrogen) atoms. The first-order valence-electron chi connectivity index (χ1n) is 9.73. The quantitative estimate of drug-likeness (QED) is 0.764. The normalized spacial score (nSPS) is 17.1. The molecular weight excluding hydrogens is 368 g/mol. The smallest absolute Gasteiger partial charge is 0.311 e. The molecule has 1 fully saturated rings. The van der Waals surface area contributed by atoms with E-state index in [-0.39, 0.29) is 37.4 Å². The van der Waals surface area contributed by atoms with Crippen molar-refractivity contribution < 1.29 is 19.1 Å². The molecule has 2 atom stereocenters. The Morgan fingerprint density at radius 1 is 1.14 bits per heavy atom. The molecule has 0 aliphatic carbocycles. The zero-order valence-electron chi connectivity index (χ0n) is 17.0. The van der Waals surface area contributed by atoms with E-state index in [1.54, 1.807) is 4.90 Å². The third kappa shape index (κ3) is 5.22. The lowest BCUT2D eigenvalue weighted by molar-refractivity contribution is -0.152. The minimum atomic E-state index is -0.567. The van der Waals surface area contributed by atoms with Crippen molar-refractivity contribution in [3.05, 3.63) is 65.2 Å². The van der Waals surface area contributed by atoms with E-state index >= 15 is 0 Å². The lowest BCUT2D eigenvalue weighted by Crippen LogP contribution is -2.32. The summed E-state index contributed by atoms with van der Waals surface area (Å²) in [6.45, 7) is 5.72. The van der Waals surface area contributed by atoms with Crippen LogP contribution in [0.5, 0.6) is 0 Å². The zero-order chi connectivity index (χ0) is 21.0. The van der Waals surface area contributed by atoms with Gasteiger partial charge in [-0.2, -0.15) is 0 Å². The average Bonchev–Trinajstić information content (AvgIpc) is 3.08. The fourth-order valence-corrected chi connectivity index (χ4v) is 3.58. The first kappa shape index (κ1) is 20.6. The number of aryl methyl sites for hydroxylation is 2. The Balaban J connectivity index is 1.52. The van der Waals surface area contributed by atoms with Crippen LogP contribution in [-0.4, -0.2) is 30.9 Å². The highest BCUT2D eigenvalue weighted by atomic mass is 16.5. The van der Waals surface area contributed by atoms with Gasteiger partial charge < -0.3 is 15.0 Å². The molecule has 1 N–H and O–H groups in total. The Kier molecular flexibility index (Phi) is 6.32. The first-order valence-corrected chi connectivity index (χ1v) is 9.73. The maximum absolute atomic E-state index is 12.4.